The van der Waals surface area contributed by atoms with Gasteiger partial charge in [-0.2, -0.15) is 0 Å². The van der Waals surface area contributed by atoms with Crippen LogP contribution < -0.4 is 0 Å². The van der Waals surface area contributed by atoms with Crippen LogP contribution in [0.15, 0.2) is 0 Å². The summed E-state index contributed by atoms with van der Waals surface area (Å²) in [6.07, 6.45) is 11.3. The summed E-state index contributed by atoms with van der Waals surface area (Å²) in [6, 6.07) is 0. The van der Waals surface area contributed by atoms with Gasteiger partial charge in [0.1, 0.15) is 0 Å². The topological polar surface area (TPSA) is 0 Å². The Hall–Kier alpha value is 0. The second-order valence-electron chi connectivity index (χ2n) is 4.62. The second-order valence-corrected chi connectivity index (χ2v) is 4.62. The molecular weight excluding hydrogens is 168 g/mol. The standard InChI is InChI=1S/C14H30/c1-5-9-10-12-14(8-4)13(7-3)11-6-2/h13-14H,5-12H2,1-4H3. The summed E-state index contributed by atoms with van der Waals surface area (Å²) in [4.78, 5) is 0. The van der Waals surface area contributed by atoms with E-state index in [0.29, 0.717) is 0 Å². The Balaban J connectivity index is 3.81. The normalized spacial score (nSPS) is 15.4. The molecule has 2 atom stereocenters. The molecule has 0 saturated carbocycles. The molecule has 14 heavy (non-hydrogen) atoms. The lowest BCUT2D eigenvalue weighted by Gasteiger charge is -2.24. The Morgan fingerprint density at radius 3 is 1.64 bits per heavy atom. The highest BCUT2D eigenvalue weighted by molar-refractivity contribution is 4.67. The average molecular weight is 198 g/mol. The molecule has 0 aromatic rings. The maximum atomic E-state index is 2.37. The quantitative estimate of drug-likeness (QED) is 0.434. The van der Waals surface area contributed by atoms with E-state index in [9.17, 15) is 0 Å². The summed E-state index contributed by atoms with van der Waals surface area (Å²) < 4.78 is 0. The van der Waals surface area contributed by atoms with Crippen molar-refractivity contribution in [1.82, 2.24) is 0 Å². The molecule has 0 rings (SSSR count). The molecular formula is C14H30. The Bertz CT molecular complexity index is 107. The van der Waals surface area contributed by atoms with Gasteiger partial charge in [0.25, 0.3) is 0 Å². The second kappa shape index (κ2) is 9.55. The smallest absolute Gasteiger partial charge is 0.0389 e. The fourth-order valence-corrected chi connectivity index (χ4v) is 2.57. The minimum Gasteiger partial charge on any atom is -0.0654 e. The van der Waals surface area contributed by atoms with Gasteiger partial charge >= 0.3 is 0 Å². The zero-order valence-electron chi connectivity index (χ0n) is 10.8. The van der Waals surface area contributed by atoms with Gasteiger partial charge in [-0.25, -0.2) is 0 Å². The average Bonchev–Trinajstić information content (AvgIpc) is 2.22. The maximum absolute atomic E-state index is 2.37. The first kappa shape index (κ1) is 14.0. The van der Waals surface area contributed by atoms with Gasteiger partial charge in [0.05, 0.1) is 0 Å². The van der Waals surface area contributed by atoms with Gasteiger partial charge in [0.15, 0.2) is 0 Å². The molecule has 0 bridgehead atoms. The molecule has 0 aliphatic carbocycles. The highest BCUT2D eigenvalue weighted by atomic mass is 14.2. The number of unbranched alkanes of at least 4 members (excludes halogenated alkanes) is 2. The molecule has 0 heteroatoms. The maximum Gasteiger partial charge on any atom is -0.0389 e. The molecule has 0 spiro atoms. The van der Waals surface area contributed by atoms with Gasteiger partial charge in [0.2, 0.25) is 0 Å². The lowest BCUT2D eigenvalue weighted by Crippen LogP contribution is -2.13. The van der Waals surface area contributed by atoms with Gasteiger partial charge in [0, 0.05) is 0 Å². The molecule has 0 aromatic carbocycles. The van der Waals surface area contributed by atoms with Gasteiger partial charge in [-0.3, -0.25) is 0 Å². The van der Waals surface area contributed by atoms with E-state index in [1.807, 2.05) is 0 Å². The number of hydrogen-bond donors (Lipinski definition) is 0. The van der Waals surface area contributed by atoms with Gasteiger partial charge in [-0.1, -0.05) is 79.1 Å². The summed E-state index contributed by atoms with van der Waals surface area (Å²) >= 11 is 0. The number of rotatable bonds is 9. The van der Waals surface area contributed by atoms with Gasteiger partial charge in [-0.05, 0) is 11.8 Å². The molecule has 0 N–H and O–H groups in total. The molecule has 86 valence electrons. The summed E-state index contributed by atoms with van der Waals surface area (Å²) in [6.45, 7) is 9.35. The van der Waals surface area contributed by atoms with Crippen molar-refractivity contribution in [3.63, 3.8) is 0 Å². The molecule has 0 aliphatic rings. The van der Waals surface area contributed by atoms with Crippen molar-refractivity contribution in [3.05, 3.63) is 0 Å². The molecule has 0 radical (unpaired) electrons. The third-order valence-electron chi connectivity index (χ3n) is 3.55. The zero-order valence-corrected chi connectivity index (χ0v) is 10.8. The van der Waals surface area contributed by atoms with E-state index in [1.165, 1.54) is 51.4 Å². The van der Waals surface area contributed by atoms with Crippen molar-refractivity contribution in [2.45, 2.75) is 79.1 Å². The summed E-state index contributed by atoms with van der Waals surface area (Å²) in [7, 11) is 0. The van der Waals surface area contributed by atoms with Crippen molar-refractivity contribution in [3.8, 4) is 0 Å². The lowest BCUT2D eigenvalue weighted by molar-refractivity contribution is 0.269. The predicted molar refractivity (Wildman–Crippen MR) is 66.6 cm³/mol. The van der Waals surface area contributed by atoms with Crippen molar-refractivity contribution in [2.24, 2.45) is 11.8 Å². The van der Waals surface area contributed by atoms with Crippen molar-refractivity contribution >= 4 is 0 Å². The Morgan fingerprint density at radius 1 is 0.643 bits per heavy atom. The van der Waals surface area contributed by atoms with Crippen molar-refractivity contribution in [2.75, 3.05) is 0 Å². The lowest BCUT2D eigenvalue weighted by atomic mass is 9.81. The summed E-state index contributed by atoms with van der Waals surface area (Å²) in [5.41, 5.74) is 0. The molecule has 2 unspecified atom stereocenters. The van der Waals surface area contributed by atoms with Crippen LogP contribution >= 0.6 is 0 Å². The number of hydrogen-bond acceptors (Lipinski definition) is 0. The minimum absolute atomic E-state index is 1.00. The van der Waals surface area contributed by atoms with E-state index in [4.69, 9.17) is 0 Å². The fourth-order valence-electron chi connectivity index (χ4n) is 2.57. The molecule has 0 nitrogen and oxygen atoms in total. The Kier molecular flexibility index (Phi) is 9.55. The molecule has 0 fully saturated rings. The predicted octanol–water partition coefficient (Wildman–Crippen LogP) is 5.42. The van der Waals surface area contributed by atoms with Crippen LogP contribution in [0.25, 0.3) is 0 Å². The van der Waals surface area contributed by atoms with E-state index < -0.39 is 0 Å². The van der Waals surface area contributed by atoms with Crippen LogP contribution in [0.2, 0.25) is 0 Å². The van der Waals surface area contributed by atoms with Crippen LogP contribution in [0.5, 0.6) is 0 Å². The van der Waals surface area contributed by atoms with Crippen LogP contribution in [-0.2, 0) is 0 Å². The highest BCUT2D eigenvalue weighted by Crippen LogP contribution is 2.28. The van der Waals surface area contributed by atoms with Crippen molar-refractivity contribution < 1.29 is 0 Å². The molecule has 0 heterocycles. The Labute approximate surface area is 91.5 Å². The minimum atomic E-state index is 1.00. The van der Waals surface area contributed by atoms with Crippen LogP contribution in [0.4, 0.5) is 0 Å². The third-order valence-corrected chi connectivity index (χ3v) is 3.55. The molecule has 0 saturated heterocycles. The van der Waals surface area contributed by atoms with E-state index in [0.717, 1.165) is 11.8 Å². The van der Waals surface area contributed by atoms with Gasteiger partial charge in [-0.15, -0.1) is 0 Å². The first-order valence-electron chi connectivity index (χ1n) is 6.79. The van der Waals surface area contributed by atoms with Crippen LogP contribution in [0.3, 0.4) is 0 Å². The largest absolute Gasteiger partial charge is 0.0654 e. The Morgan fingerprint density at radius 2 is 1.21 bits per heavy atom. The SMILES string of the molecule is CCCCCC(CC)C(CC)CCC. The third kappa shape index (κ3) is 5.67. The molecule has 0 amide bonds. The first-order valence-corrected chi connectivity index (χ1v) is 6.79. The zero-order chi connectivity index (χ0) is 10.8. The molecule has 0 aromatic heterocycles. The van der Waals surface area contributed by atoms with Crippen LogP contribution in [0, 0.1) is 11.8 Å². The van der Waals surface area contributed by atoms with Crippen LogP contribution in [-0.4, -0.2) is 0 Å². The van der Waals surface area contributed by atoms with E-state index in [2.05, 4.69) is 27.7 Å². The van der Waals surface area contributed by atoms with Crippen LogP contribution in [0.1, 0.15) is 79.1 Å². The summed E-state index contributed by atoms with van der Waals surface area (Å²) in [5, 5.41) is 0. The van der Waals surface area contributed by atoms with E-state index in [-0.39, 0.29) is 0 Å². The van der Waals surface area contributed by atoms with Gasteiger partial charge < -0.3 is 0 Å². The summed E-state index contributed by atoms with van der Waals surface area (Å²) in [5.74, 6) is 2.01. The van der Waals surface area contributed by atoms with Crippen molar-refractivity contribution in [1.29, 1.82) is 0 Å². The van der Waals surface area contributed by atoms with E-state index >= 15 is 0 Å². The fraction of sp³-hybridized carbons (Fsp3) is 1.00. The first-order chi connectivity index (χ1) is 6.79. The highest BCUT2D eigenvalue weighted by Gasteiger charge is 2.16. The molecule has 0 aliphatic heterocycles. The van der Waals surface area contributed by atoms with E-state index in [1.54, 1.807) is 0 Å². The monoisotopic (exact) mass is 198 g/mol.